The minimum Gasteiger partial charge on any atom is -0.340 e. The monoisotopic (exact) mass is 604 g/mol. The first-order valence-corrected chi connectivity index (χ1v) is 14.0. The van der Waals surface area contributed by atoms with Crippen LogP contribution in [0.1, 0.15) is 17.5 Å². The Morgan fingerprint density at radius 3 is 2.30 bits per heavy atom. The molecule has 4 aromatic rings. The van der Waals surface area contributed by atoms with Crippen LogP contribution in [0.25, 0.3) is 11.2 Å². The first-order chi connectivity index (χ1) is 21.0. The van der Waals surface area contributed by atoms with E-state index in [-0.39, 0.29) is 47.4 Å². The third-order valence-electron chi connectivity index (χ3n) is 8.37. The number of aryl methyl sites for hydroxylation is 2. The molecule has 0 spiro atoms. The van der Waals surface area contributed by atoms with E-state index in [4.69, 9.17) is 4.98 Å². The second-order valence-corrected chi connectivity index (χ2v) is 11.0. The minimum atomic E-state index is -0.689. The standard InChI is InChI=1S/C29H29FN8O6/c1-17-14-20(38(43)44)8-9-21(17)37-23(39)15-22(26(37)40)34-10-12-35(13-11-34)28-31-25-24(27(41)33(3)29(42)32(25)2)36(28)16-18-4-6-19(30)7-5-18/h4-9,14,22H,10-13,15-16H2,1-3H3. The molecule has 1 unspecified atom stereocenters. The maximum absolute atomic E-state index is 13.6. The predicted molar refractivity (Wildman–Crippen MR) is 158 cm³/mol. The Hall–Kier alpha value is -5.18. The van der Waals surface area contributed by atoms with Crippen LogP contribution in [0.3, 0.4) is 0 Å². The van der Waals surface area contributed by atoms with Gasteiger partial charge < -0.3 is 4.90 Å². The summed E-state index contributed by atoms with van der Waals surface area (Å²) in [5, 5.41) is 11.1. The largest absolute Gasteiger partial charge is 0.340 e. The summed E-state index contributed by atoms with van der Waals surface area (Å²) in [5.74, 6) is -0.694. The normalized spacial score (nSPS) is 17.7. The molecule has 44 heavy (non-hydrogen) atoms. The maximum Gasteiger partial charge on any atom is 0.332 e. The molecule has 0 aliphatic carbocycles. The lowest BCUT2D eigenvalue weighted by molar-refractivity contribution is -0.384. The highest BCUT2D eigenvalue weighted by Gasteiger charge is 2.44. The van der Waals surface area contributed by atoms with Gasteiger partial charge in [-0.05, 0) is 36.2 Å². The van der Waals surface area contributed by atoms with E-state index in [1.807, 2.05) is 9.80 Å². The zero-order chi connectivity index (χ0) is 31.4. The van der Waals surface area contributed by atoms with Crippen molar-refractivity contribution in [1.82, 2.24) is 23.6 Å². The number of nitro groups is 1. The lowest BCUT2D eigenvalue weighted by Gasteiger charge is -2.37. The van der Waals surface area contributed by atoms with E-state index in [1.54, 1.807) is 30.7 Å². The number of hydrogen-bond donors (Lipinski definition) is 0. The van der Waals surface area contributed by atoms with E-state index in [0.717, 1.165) is 15.0 Å². The third kappa shape index (κ3) is 4.74. The Morgan fingerprint density at radius 1 is 0.977 bits per heavy atom. The van der Waals surface area contributed by atoms with Crippen LogP contribution >= 0.6 is 0 Å². The number of rotatable bonds is 6. The van der Waals surface area contributed by atoms with Gasteiger partial charge in [0.25, 0.3) is 17.2 Å². The molecule has 4 heterocycles. The Kier molecular flexibility index (Phi) is 7.11. The second kappa shape index (κ2) is 10.8. The number of non-ortho nitro benzene ring substituents is 1. The van der Waals surface area contributed by atoms with Gasteiger partial charge in [-0.25, -0.2) is 14.1 Å². The Balaban J connectivity index is 1.27. The number of imide groups is 1. The van der Waals surface area contributed by atoms with Gasteiger partial charge in [0.1, 0.15) is 5.82 Å². The summed E-state index contributed by atoms with van der Waals surface area (Å²) >= 11 is 0. The van der Waals surface area contributed by atoms with Crippen molar-refractivity contribution in [2.24, 2.45) is 14.1 Å². The van der Waals surface area contributed by atoms with Crippen LogP contribution < -0.4 is 21.0 Å². The minimum absolute atomic E-state index is 0.0174. The Bertz CT molecular complexity index is 1960. The molecule has 2 saturated heterocycles. The van der Waals surface area contributed by atoms with E-state index in [1.165, 1.54) is 41.9 Å². The molecule has 2 aliphatic heterocycles. The molecule has 0 radical (unpaired) electrons. The number of carbonyl (C=O) groups is 2. The second-order valence-electron chi connectivity index (χ2n) is 11.0. The molecule has 0 saturated carbocycles. The number of fused-ring (bicyclic) bond motifs is 1. The number of nitrogens with zero attached hydrogens (tertiary/aromatic N) is 8. The number of amides is 2. The molecular weight excluding hydrogens is 575 g/mol. The molecule has 2 aliphatic rings. The molecular formula is C29H29FN8O6. The van der Waals surface area contributed by atoms with E-state index in [9.17, 15) is 33.7 Å². The summed E-state index contributed by atoms with van der Waals surface area (Å²) in [6.45, 7) is 3.47. The van der Waals surface area contributed by atoms with E-state index in [2.05, 4.69) is 0 Å². The fraction of sp³-hybridized carbons (Fsp3) is 0.345. The van der Waals surface area contributed by atoms with Crippen LogP contribution in [0.5, 0.6) is 0 Å². The van der Waals surface area contributed by atoms with Gasteiger partial charge in [0, 0.05) is 52.4 Å². The molecule has 228 valence electrons. The average Bonchev–Trinajstić information content (AvgIpc) is 3.52. The molecule has 14 nitrogen and oxygen atoms in total. The van der Waals surface area contributed by atoms with Crippen molar-refractivity contribution in [2.75, 3.05) is 36.0 Å². The third-order valence-corrected chi connectivity index (χ3v) is 8.37. The zero-order valence-electron chi connectivity index (χ0n) is 24.3. The number of imidazole rings is 1. The topological polar surface area (TPSA) is 149 Å². The van der Waals surface area contributed by atoms with Crippen molar-refractivity contribution in [3.05, 3.63) is 90.4 Å². The number of piperazine rings is 1. The summed E-state index contributed by atoms with van der Waals surface area (Å²) in [5.41, 5.74) is 0.840. The molecule has 2 amide bonds. The van der Waals surface area contributed by atoms with Gasteiger partial charge in [-0.1, -0.05) is 12.1 Å². The number of carbonyl (C=O) groups excluding carboxylic acids is 2. The smallest absolute Gasteiger partial charge is 0.332 e. The SMILES string of the molecule is Cc1cc([N+](=O)[O-])ccc1N1C(=O)CC(N2CCN(c3nc4c(c(=O)n(C)c(=O)n4C)n3Cc3ccc(F)cc3)CC2)C1=O. The average molecular weight is 605 g/mol. The molecule has 15 heteroatoms. The lowest BCUT2D eigenvalue weighted by atomic mass is 10.1. The predicted octanol–water partition coefficient (Wildman–Crippen LogP) is 1.29. The molecule has 2 fully saturated rings. The molecule has 6 rings (SSSR count). The van der Waals surface area contributed by atoms with Crippen molar-refractivity contribution >= 4 is 40.3 Å². The molecule has 1 atom stereocenters. The van der Waals surface area contributed by atoms with Crippen LogP contribution in [0.15, 0.2) is 52.1 Å². The van der Waals surface area contributed by atoms with Gasteiger partial charge in [-0.15, -0.1) is 0 Å². The van der Waals surface area contributed by atoms with E-state index in [0.29, 0.717) is 43.4 Å². The number of hydrogen-bond acceptors (Lipinski definition) is 9. The van der Waals surface area contributed by atoms with Gasteiger partial charge in [-0.3, -0.25) is 43.1 Å². The molecule has 2 aromatic carbocycles. The highest BCUT2D eigenvalue weighted by Crippen LogP contribution is 2.31. The Labute approximate surface area is 249 Å². The number of aromatic nitrogens is 4. The van der Waals surface area contributed by atoms with Crippen LogP contribution in [0.4, 0.5) is 21.7 Å². The fourth-order valence-electron chi connectivity index (χ4n) is 5.99. The van der Waals surface area contributed by atoms with Crippen molar-refractivity contribution in [2.45, 2.75) is 25.9 Å². The summed E-state index contributed by atoms with van der Waals surface area (Å²) < 4.78 is 17.7. The van der Waals surface area contributed by atoms with Gasteiger partial charge in [0.2, 0.25) is 11.9 Å². The summed E-state index contributed by atoms with van der Waals surface area (Å²) in [7, 11) is 2.95. The van der Waals surface area contributed by atoms with Gasteiger partial charge >= 0.3 is 5.69 Å². The van der Waals surface area contributed by atoms with Crippen molar-refractivity contribution in [3.8, 4) is 0 Å². The Morgan fingerprint density at radius 2 is 1.66 bits per heavy atom. The van der Waals surface area contributed by atoms with Gasteiger partial charge in [0.15, 0.2) is 11.2 Å². The van der Waals surface area contributed by atoms with Gasteiger partial charge in [-0.2, -0.15) is 4.98 Å². The summed E-state index contributed by atoms with van der Waals surface area (Å²) in [6, 6.07) is 9.26. The van der Waals surface area contributed by atoms with Crippen LogP contribution in [0, 0.1) is 22.9 Å². The lowest BCUT2D eigenvalue weighted by Crippen LogP contribution is -2.53. The zero-order valence-corrected chi connectivity index (χ0v) is 24.3. The maximum atomic E-state index is 13.6. The quantitative estimate of drug-likeness (QED) is 0.180. The van der Waals surface area contributed by atoms with Crippen LogP contribution in [-0.4, -0.2) is 72.5 Å². The van der Waals surface area contributed by atoms with Crippen molar-refractivity contribution < 1.29 is 18.9 Å². The molecule has 2 aromatic heterocycles. The van der Waals surface area contributed by atoms with Crippen molar-refractivity contribution in [1.29, 1.82) is 0 Å². The fourth-order valence-corrected chi connectivity index (χ4v) is 5.99. The summed E-state index contributed by atoms with van der Waals surface area (Å²) in [4.78, 5) is 72.7. The van der Waals surface area contributed by atoms with E-state index >= 15 is 0 Å². The highest BCUT2D eigenvalue weighted by atomic mass is 19.1. The first kappa shape index (κ1) is 28.9. The highest BCUT2D eigenvalue weighted by molar-refractivity contribution is 6.22. The van der Waals surface area contributed by atoms with E-state index < -0.39 is 22.2 Å². The molecule has 0 N–H and O–H groups in total. The first-order valence-electron chi connectivity index (χ1n) is 14.0. The molecule has 0 bridgehead atoms. The summed E-state index contributed by atoms with van der Waals surface area (Å²) in [6.07, 6.45) is -0.0174. The van der Waals surface area contributed by atoms with Crippen LogP contribution in [-0.2, 0) is 30.2 Å². The van der Waals surface area contributed by atoms with Crippen molar-refractivity contribution in [3.63, 3.8) is 0 Å². The number of benzene rings is 2. The number of nitro benzene ring substituents is 1. The number of anilines is 2. The van der Waals surface area contributed by atoms with Crippen LogP contribution in [0.2, 0.25) is 0 Å². The number of halogens is 1. The van der Waals surface area contributed by atoms with Gasteiger partial charge in [0.05, 0.1) is 29.6 Å².